The fourth-order valence-corrected chi connectivity index (χ4v) is 15.4. The number of alkyl halides is 2. The molecule has 3 unspecified atom stereocenters. The van der Waals surface area contributed by atoms with E-state index >= 15 is 0 Å². The number of carboxylic acid groups (broad SMARTS) is 3. The van der Waals surface area contributed by atoms with E-state index < -0.39 is 159 Å². The molecule has 0 spiro atoms. The first-order chi connectivity index (χ1) is 74.4. The Labute approximate surface area is 952 Å². The monoisotopic (exact) mass is 2560 g/mol. The van der Waals surface area contributed by atoms with Gasteiger partial charge in [0.2, 0.25) is 0 Å². The van der Waals surface area contributed by atoms with Gasteiger partial charge < -0.3 is 64.8 Å². The Bertz CT molecular complexity index is 6300. The second-order valence-corrected chi connectivity index (χ2v) is 35.6. The molecule has 3 aliphatic carbocycles. The minimum Gasteiger partial charge on any atom is -0.478 e. The number of fused-ring (bicyclic) bond motifs is 3. The van der Waals surface area contributed by atoms with Gasteiger partial charge in [0, 0.05) is 132 Å². The third-order valence-electron chi connectivity index (χ3n) is 21.2. The maximum Gasteiger partial charge on any atom is 0.487 e. The van der Waals surface area contributed by atoms with Crippen LogP contribution in [0.25, 0.3) is 9.69 Å². The molecule has 8 aromatic carbocycles. The maximum absolute atomic E-state index is 14.2. The number of hydrogen-bond acceptors (Lipinski definition) is 17. The van der Waals surface area contributed by atoms with Gasteiger partial charge in [-0.3, -0.25) is 9.59 Å². The summed E-state index contributed by atoms with van der Waals surface area (Å²) in [4.78, 5) is 97.4. The summed E-state index contributed by atoms with van der Waals surface area (Å²) in [6, 6.07) is 24.1. The number of nitrogens with two attached hydrogens (primary N) is 1. The van der Waals surface area contributed by atoms with Crippen molar-refractivity contribution in [2.75, 3.05) is 33.0 Å². The molecule has 149 heavy (non-hydrogen) atoms. The molecule has 8 N–H and O–H groups in total. The highest BCUT2D eigenvalue weighted by Crippen LogP contribution is 2.40. The third kappa shape index (κ3) is 41.4. The van der Waals surface area contributed by atoms with Crippen LogP contribution in [0.5, 0.6) is 0 Å². The van der Waals surface area contributed by atoms with Crippen molar-refractivity contribution in [1.82, 2.24) is 5.32 Å². The average molecular weight is 2560 g/mol. The van der Waals surface area contributed by atoms with Crippen LogP contribution in [0.3, 0.4) is 0 Å². The number of nitrogens with one attached hydrogen (secondary N) is 1. The number of amides is 1. The molecule has 1 aliphatic heterocycles. The number of aromatic carboxylic acids is 3. The zero-order chi connectivity index (χ0) is 123. The van der Waals surface area contributed by atoms with E-state index in [1.54, 1.807) is 65.0 Å². The molecule has 1 fully saturated rings. The van der Waals surface area contributed by atoms with E-state index in [-0.39, 0.29) is 168 Å². The number of nitrogens with zero attached hydrogens (tertiary/aromatic N) is 2. The zero-order valence-electron chi connectivity index (χ0n) is 94.6. The maximum atomic E-state index is 14.2. The second-order valence-electron chi connectivity index (χ2n) is 32.4. The van der Waals surface area contributed by atoms with Gasteiger partial charge >= 0.3 is 61.0 Å². The molecule has 8 aromatic rings. The summed E-state index contributed by atoms with van der Waals surface area (Å²) in [5, 5.41) is 46.5. The molecule has 0 aromatic heterocycles. The summed E-state index contributed by atoms with van der Waals surface area (Å²) in [7, 11) is 21.4. The van der Waals surface area contributed by atoms with Crippen molar-refractivity contribution >= 4 is 224 Å². The Hall–Kier alpha value is -10.1. The third-order valence-corrected chi connectivity index (χ3v) is 25.3. The number of ether oxygens (including phenoxy) is 4. The number of aryl methyl sites for hydroxylation is 2. The van der Waals surface area contributed by atoms with Crippen molar-refractivity contribution < 1.29 is 166 Å². The second kappa shape index (κ2) is 68.0. The zero-order valence-corrected chi connectivity index (χ0v) is 93.5. The van der Waals surface area contributed by atoms with Gasteiger partial charge in [-0.05, 0) is 264 Å². The number of benzene rings is 8. The number of hydrogen-bond donors (Lipinski definition) is 7. The number of rotatable bonds is 20. The van der Waals surface area contributed by atoms with Crippen LogP contribution < -0.4 is 11.1 Å². The van der Waals surface area contributed by atoms with Crippen molar-refractivity contribution in [2.24, 2.45) is 5.73 Å². The number of aliphatic hydroxyl groups excluding tert-OH is 2. The van der Waals surface area contributed by atoms with Crippen LogP contribution in [0, 0.1) is 140 Å². The fraction of sp³-hybridized carbons (Fsp3) is 0.333. The van der Waals surface area contributed by atoms with E-state index in [1.165, 1.54) is 36.9 Å². The summed E-state index contributed by atoms with van der Waals surface area (Å²) >= 11 is 10.4. The number of esters is 4. The van der Waals surface area contributed by atoms with Crippen molar-refractivity contribution in [3.05, 3.63) is 296 Å². The molecule has 0 bridgehead atoms. The van der Waals surface area contributed by atoms with Crippen LogP contribution in [0.2, 0.25) is 0 Å². The number of carbonyl (C=O) groups excluding carboxylic acids is 5. The first-order valence-corrected chi connectivity index (χ1v) is 47.9. The average Bonchev–Trinajstić information content (AvgIpc) is 1.59. The molecule has 3 atom stereocenters. The normalized spacial score (nSPS) is 15.1. The predicted molar refractivity (Wildman–Crippen MR) is 602 cm³/mol. The summed E-state index contributed by atoms with van der Waals surface area (Å²) in [6.07, 6.45) is 3.97. The number of carbonyl (C=O) groups is 8. The van der Waals surface area contributed by atoms with E-state index in [9.17, 15) is 91.0 Å². The van der Waals surface area contributed by atoms with Crippen LogP contribution in [-0.4, -0.2) is 192 Å². The molecule has 9 radical (unpaired) electrons. The van der Waals surface area contributed by atoms with Crippen LogP contribution in [0.4, 0.5) is 52.7 Å². The van der Waals surface area contributed by atoms with Crippen LogP contribution in [-0.2, 0) is 110 Å². The van der Waals surface area contributed by atoms with E-state index in [2.05, 4.69) is 138 Å². The van der Waals surface area contributed by atoms with Crippen LogP contribution >= 0.6 is 119 Å². The molecular weight excluding hydrogens is 2430 g/mol. The highest BCUT2D eigenvalue weighted by molar-refractivity contribution is 14.1. The molecule has 4 aliphatic rings. The van der Waals surface area contributed by atoms with Crippen molar-refractivity contribution in [3.8, 4) is 49.2 Å². The lowest BCUT2D eigenvalue weighted by molar-refractivity contribution is -0.150. The van der Waals surface area contributed by atoms with Gasteiger partial charge in [-0.2, -0.15) is 0 Å². The summed E-state index contributed by atoms with van der Waals surface area (Å²) < 4.78 is 250. The lowest BCUT2D eigenvalue weighted by atomic mass is 8.76. The number of allylic oxidation sites excluding steroid dienone is 1. The standard InChI is InChI=1S/C20H18F2INO3.C13H12F2NO2.C12H13F2NO2.C10H19BO2.C8H6Br2F2.C8H4F2O4.C8H8F2O2.C8H7IO2.C7H4.C5H8NO2.B7.BrH.2ClH.8H2/c1-3-27-19(26)20(9-12-7-8-15(21)16(22)14(12)10-20)24-18(25)13-6-4-5-11(2)17(13)23;1-3-18-12(17)13(16-2)6-8-4-5-10(14)11(15)9(8)7-13;1-2-17-11(16)12(15)5-7-3-4-9(13)10(14)8(7)6-12;1-8(2)7-11-12-9(3,4)10(5,6)13-11;9-3-5-1-2-7(11)8(12)6(5)4-10;9-4-2-1-3(7(11)12)5(6(4)10)8(13)14;9-7-2-1-5(3-11)6(4-12)8(7)10;1-5-3-2-4-6(7(5)9)8(10)11;1-3-5-7-6-4-2;1-3-8-5(7)4-6-2;1-5-7(4)6(2)3;;;;;;;;;;;/h4-8H,3,9-10H2,1-2H3,(H,24,25);2,4-5H,3,6-7H2,1H3;3-4H,2,5-6,15H2,1H3;7H,1-6H3;1-2H,3-4H2;1-2H,(H,11,12)(H,13,14);1-2,11-12H,3-4H2;2-4H,1H3,(H,10,11);1H,2H3;2H,3-4H2,1H3;;11*1H/q;+1;;;;;;;;+1;;;;;;;;;;;;/i;;;;;;;;;;;;;;6*1+1D;2*1+1. The minimum absolute atomic E-state index is 0. The first-order valence-electron chi connectivity index (χ1n) is 49.5. The molecule has 1 saturated heterocycles. The molecule has 50 heteroatoms. The molecule has 803 valence electrons. The Kier molecular flexibility index (Phi) is 59.0. The van der Waals surface area contributed by atoms with Crippen molar-refractivity contribution in [2.45, 2.75) is 180 Å². The quantitative estimate of drug-likeness (QED) is 0.00709. The topological polar surface area (TPSA) is 340 Å². The van der Waals surface area contributed by atoms with Gasteiger partial charge in [0.1, 0.15) is 16.6 Å². The number of halogens is 19. The first kappa shape index (κ1) is 129. The molecule has 23 nitrogen and oxygen atoms in total. The molecule has 0 saturated carbocycles. The summed E-state index contributed by atoms with van der Waals surface area (Å²) in [6.45, 7) is 34.3. The van der Waals surface area contributed by atoms with Crippen LogP contribution in [0.1, 0.15) is 205 Å². The minimum atomic E-state index is -1.82. The number of carboxylic acids is 3. The Balaban J connectivity index is -0.000000199. The van der Waals surface area contributed by atoms with E-state index in [1.807, 2.05) is 68.4 Å². The van der Waals surface area contributed by atoms with Gasteiger partial charge in [0.25, 0.3) is 19.1 Å². The summed E-state index contributed by atoms with van der Waals surface area (Å²) in [5.41, 5.74) is 6.60. The fourth-order valence-electron chi connectivity index (χ4n) is 13.1. The van der Waals surface area contributed by atoms with Crippen LogP contribution in [0.15, 0.2) is 121 Å². The van der Waals surface area contributed by atoms with E-state index in [0.717, 1.165) is 54.2 Å². The van der Waals surface area contributed by atoms with Gasteiger partial charge in [0.15, 0.2) is 69.8 Å². The van der Waals surface area contributed by atoms with Crippen molar-refractivity contribution in [3.63, 3.8) is 0 Å². The van der Waals surface area contributed by atoms with E-state index in [0.29, 0.717) is 62.8 Å². The number of aliphatic hydroxyl groups is 2. The Morgan fingerprint density at radius 2 is 0.980 bits per heavy atom. The predicted octanol–water partition coefficient (Wildman–Crippen LogP) is 20.2. The van der Waals surface area contributed by atoms with Gasteiger partial charge in [-0.15, -0.1) is 48.2 Å². The Morgan fingerprint density at radius 3 is 1.39 bits per heavy atom. The highest BCUT2D eigenvalue weighted by Gasteiger charge is 2.57. The largest absolute Gasteiger partial charge is 0.487 e. The highest BCUT2D eigenvalue weighted by atomic mass is 127. The van der Waals surface area contributed by atoms with Gasteiger partial charge in [-0.1, -0.05) is 114 Å². The van der Waals surface area contributed by atoms with E-state index in [4.69, 9.17) is 117 Å². The van der Waals surface area contributed by atoms with Gasteiger partial charge in [-0.25, -0.2) is 81.5 Å². The molecule has 12 rings (SSSR count). The summed E-state index contributed by atoms with van der Waals surface area (Å²) in [5.74, 6) is -5.38. The number of terminal acetylenes is 1. The van der Waals surface area contributed by atoms with Crippen molar-refractivity contribution in [1.29, 1.82) is 0 Å². The van der Waals surface area contributed by atoms with Gasteiger partial charge in [0.05, 0.1) is 80.4 Å². The smallest absolute Gasteiger partial charge is 0.478 e. The SMILES string of the molecule is Br.C#CC#CC#CC.C#[N+]C1(C(=O)OCC)Cc2ccc(F)c(F)c2C1.C#[N+]CC(=O)OCC.CC(C)=CB1OC(C)(C)C(C)(C)O1.CCOC(=O)C1(N)Cc2ccc(F)c(F)c2C1.CCOC(=O)C1(NC(=O)c2cccc(C)c2I)Cc2ccc(F)c(F)c2C1.Cc1cccc(C(=O)O)c1I.Cl.Cl.Fc1ccc(CBr)c(CBr)c1F.O=C(O)c1ccc(F)c(F)c1C(=O)O.OCc1ccc(F)c(F)c1CO.[2HH].[2HH].[2H][2H].[2H][2H].[2H][2H].[2H][2H].[2H][2H].[2H][2H].[B][B]B([B])B([B])[B]. The Morgan fingerprint density at radius 1 is 0.557 bits per heavy atom. The lowest BCUT2D eigenvalue weighted by Crippen LogP contribution is -2.56. The lowest BCUT2D eigenvalue weighted by Gasteiger charge is -2.32. The molecule has 1 amide bonds. The molecule has 1 heterocycles. The molecular formula is C99H118B8Br3Cl2F12I2N4O19+2.